The van der Waals surface area contributed by atoms with Crippen LogP contribution in [0.4, 0.5) is 0 Å². The van der Waals surface area contributed by atoms with Crippen LogP contribution in [0.5, 0.6) is 5.75 Å². The van der Waals surface area contributed by atoms with Crippen molar-refractivity contribution < 1.29 is 9.84 Å². The van der Waals surface area contributed by atoms with Gasteiger partial charge in [0.15, 0.2) is 0 Å². The van der Waals surface area contributed by atoms with E-state index in [1.165, 1.54) is 0 Å². The number of benzene rings is 1. The maximum Gasteiger partial charge on any atom is 0.125 e. The highest BCUT2D eigenvalue weighted by Gasteiger charge is 2.33. The number of rotatable bonds is 2. The largest absolute Gasteiger partial charge is 0.493 e. The lowest BCUT2D eigenvalue weighted by molar-refractivity contribution is -0.000220. The van der Waals surface area contributed by atoms with Crippen LogP contribution in [-0.4, -0.2) is 11.7 Å². The Morgan fingerprint density at radius 3 is 3.07 bits per heavy atom. The van der Waals surface area contributed by atoms with Crippen molar-refractivity contribution in [2.75, 3.05) is 6.61 Å². The second-order valence-electron chi connectivity index (χ2n) is 3.62. The van der Waals surface area contributed by atoms with Gasteiger partial charge in [0.2, 0.25) is 0 Å². The third-order valence-corrected chi connectivity index (χ3v) is 2.64. The molecular weight excluding hydrogens is 176 g/mol. The Morgan fingerprint density at radius 2 is 2.29 bits per heavy atom. The average molecular weight is 190 g/mol. The fourth-order valence-electron chi connectivity index (χ4n) is 1.89. The van der Waals surface area contributed by atoms with Crippen LogP contribution in [0.15, 0.2) is 36.9 Å². The van der Waals surface area contributed by atoms with E-state index in [-0.39, 0.29) is 0 Å². The fraction of sp³-hybridized carbons (Fsp3) is 0.333. The maximum absolute atomic E-state index is 10.4. The van der Waals surface area contributed by atoms with Gasteiger partial charge in [-0.1, -0.05) is 24.3 Å². The zero-order chi connectivity index (χ0) is 10.0. The van der Waals surface area contributed by atoms with Crippen molar-refractivity contribution in [1.82, 2.24) is 0 Å². The molecule has 1 N–H and O–H groups in total. The third kappa shape index (κ3) is 1.42. The lowest BCUT2D eigenvalue weighted by atomic mass is 9.85. The molecule has 0 unspecified atom stereocenters. The molecule has 1 atom stereocenters. The standard InChI is InChI=1S/C12H14O2/c1-2-7-12(13)8-9-14-11-6-4-3-5-10(11)12/h2-6,13H,1,7-9H2/t12-/m0/s1. The van der Waals surface area contributed by atoms with Crippen LogP contribution in [0, 0.1) is 0 Å². The highest BCUT2D eigenvalue weighted by atomic mass is 16.5. The molecule has 0 saturated carbocycles. The fourth-order valence-corrected chi connectivity index (χ4v) is 1.89. The van der Waals surface area contributed by atoms with Crippen LogP contribution in [0.1, 0.15) is 18.4 Å². The molecule has 2 rings (SSSR count). The zero-order valence-corrected chi connectivity index (χ0v) is 8.07. The van der Waals surface area contributed by atoms with Gasteiger partial charge in [-0.25, -0.2) is 0 Å². The smallest absolute Gasteiger partial charge is 0.125 e. The first-order valence-corrected chi connectivity index (χ1v) is 4.82. The molecule has 0 radical (unpaired) electrons. The van der Waals surface area contributed by atoms with E-state index in [2.05, 4.69) is 6.58 Å². The van der Waals surface area contributed by atoms with E-state index in [0.717, 1.165) is 11.3 Å². The molecule has 74 valence electrons. The van der Waals surface area contributed by atoms with Gasteiger partial charge in [0, 0.05) is 12.0 Å². The predicted octanol–water partition coefficient (Wildman–Crippen LogP) is 2.23. The Balaban J connectivity index is 2.44. The minimum absolute atomic E-state index is 0.571. The molecule has 1 heterocycles. The van der Waals surface area contributed by atoms with E-state index < -0.39 is 5.60 Å². The van der Waals surface area contributed by atoms with Crippen LogP contribution in [0.3, 0.4) is 0 Å². The monoisotopic (exact) mass is 190 g/mol. The third-order valence-electron chi connectivity index (χ3n) is 2.64. The molecule has 0 saturated heterocycles. The predicted molar refractivity (Wildman–Crippen MR) is 55.3 cm³/mol. The number of aliphatic hydroxyl groups is 1. The lowest BCUT2D eigenvalue weighted by Gasteiger charge is -2.33. The molecule has 0 aliphatic carbocycles. The van der Waals surface area contributed by atoms with Gasteiger partial charge < -0.3 is 9.84 Å². The molecule has 1 aromatic rings. The molecule has 0 spiro atoms. The Kier molecular flexibility index (Phi) is 2.30. The van der Waals surface area contributed by atoms with Crippen LogP contribution in [0.2, 0.25) is 0 Å². The quantitative estimate of drug-likeness (QED) is 0.725. The van der Waals surface area contributed by atoms with Crippen molar-refractivity contribution >= 4 is 0 Å². The Morgan fingerprint density at radius 1 is 1.50 bits per heavy atom. The molecule has 1 aliphatic heterocycles. The summed E-state index contributed by atoms with van der Waals surface area (Å²) in [7, 11) is 0. The van der Waals surface area contributed by atoms with E-state index >= 15 is 0 Å². The molecule has 0 bridgehead atoms. The summed E-state index contributed by atoms with van der Waals surface area (Å²) < 4.78 is 5.47. The van der Waals surface area contributed by atoms with Gasteiger partial charge in [-0.15, -0.1) is 6.58 Å². The van der Waals surface area contributed by atoms with Gasteiger partial charge >= 0.3 is 0 Å². The minimum atomic E-state index is -0.781. The molecule has 0 fully saturated rings. The second-order valence-corrected chi connectivity index (χ2v) is 3.62. The molecule has 0 aromatic heterocycles. The molecule has 0 amide bonds. The number of ether oxygens (including phenoxy) is 1. The Bertz CT molecular complexity index is 346. The highest BCUT2D eigenvalue weighted by Crippen LogP contribution is 2.38. The molecule has 1 aliphatic rings. The van der Waals surface area contributed by atoms with Crippen molar-refractivity contribution in [2.24, 2.45) is 0 Å². The van der Waals surface area contributed by atoms with Gasteiger partial charge in [-0.05, 0) is 12.5 Å². The summed E-state index contributed by atoms with van der Waals surface area (Å²) in [5.74, 6) is 0.795. The van der Waals surface area contributed by atoms with Crippen molar-refractivity contribution in [3.63, 3.8) is 0 Å². The van der Waals surface area contributed by atoms with Crippen molar-refractivity contribution in [3.8, 4) is 5.75 Å². The first-order chi connectivity index (χ1) is 6.76. The van der Waals surface area contributed by atoms with Crippen LogP contribution < -0.4 is 4.74 Å². The zero-order valence-electron chi connectivity index (χ0n) is 8.07. The number of hydrogen-bond donors (Lipinski definition) is 1. The summed E-state index contributed by atoms with van der Waals surface area (Å²) >= 11 is 0. The van der Waals surface area contributed by atoms with Crippen molar-refractivity contribution in [2.45, 2.75) is 18.4 Å². The van der Waals surface area contributed by atoms with Gasteiger partial charge in [-0.2, -0.15) is 0 Å². The van der Waals surface area contributed by atoms with Gasteiger partial charge in [0.1, 0.15) is 5.75 Å². The highest BCUT2D eigenvalue weighted by molar-refractivity contribution is 5.39. The van der Waals surface area contributed by atoms with Gasteiger partial charge in [0.25, 0.3) is 0 Å². The summed E-state index contributed by atoms with van der Waals surface area (Å²) in [5.41, 5.74) is 0.0995. The first-order valence-electron chi connectivity index (χ1n) is 4.82. The number of fused-ring (bicyclic) bond motifs is 1. The van der Waals surface area contributed by atoms with E-state index in [1.54, 1.807) is 6.08 Å². The number of hydrogen-bond acceptors (Lipinski definition) is 2. The molecular formula is C12H14O2. The summed E-state index contributed by atoms with van der Waals surface area (Å²) in [5, 5.41) is 10.4. The summed E-state index contributed by atoms with van der Waals surface area (Å²) in [4.78, 5) is 0. The summed E-state index contributed by atoms with van der Waals surface area (Å²) in [6, 6.07) is 7.64. The van der Waals surface area contributed by atoms with Gasteiger partial charge in [0.05, 0.1) is 12.2 Å². The normalized spacial score (nSPS) is 24.9. The topological polar surface area (TPSA) is 29.5 Å². The minimum Gasteiger partial charge on any atom is -0.493 e. The van der Waals surface area contributed by atoms with Crippen LogP contribution in [0.25, 0.3) is 0 Å². The Labute approximate surface area is 83.8 Å². The first kappa shape index (κ1) is 9.28. The lowest BCUT2D eigenvalue weighted by Crippen LogP contribution is -2.32. The number of para-hydroxylation sites is 1. The van der Waals surface area contributed by atoms with E-state index in [4.69, 9.17) is 4.74 Å². The Hall–Kier alpha value is -1.28. The van der Waals surface area contributed by atoms with Gasteiger partial charge in [-0.3, -0.25) is 0 Å². The van der Waals surface area contributed by atoms with Crippen molar-refractivity contribution in [3.05, 3.63) is 42.5 Å². The second kappa shape index (κ2) is 3.46. The maximum atomic E-state index is 10.4. The molecule has 2 nitrogen and oxygen atoms in total. The van der Waals surface area contributed by atoms with Crippen LogP contribution in [-0.2, 0) is 5.60 Å². The summed E-state index contributed by atoms with van der Waals surface area (Å²) in [6.45, 7) is 4.24. The molecule has 14 heavy (non-hydrogen) atoms. The van der Waals surface area contributed by atoms with Crippen molar-refractivity contribution in [1.29, 1.82) is 0 Å². The SMILES string of the molecule is C=CC[C@]1(O)CCOc2ccccc21. The molecule has 1 aromatic carbocycles. The van der Waals surface area contributed by atoms with E-state index in [0.29, 0.717) is 19.4 Å². The van der Waals surface area contributed by atoms with Crippen LogP contribution >= 0.6 is 0 Å². The van der Waals surface area contributed by atoms with E-state index in [9.17, 15) is 5.11 Å². The molecule has 2 heteroatoms. The summed E-state index contributed by atoms with van der Waals surface area (Å²) in [6.07, 6.45) is 2.96. The average Bonchev–Trinajstić information content (AvgIpc) is 2.19. The van der Waals surface area contributed by atoms with E-state index in [1.807, 2.05) is 24.3 Å².